The monoisotopic (exact) mass is 279 g/mol. The van der Waals surface area contributed by atoms with Gasteiger partial charge >= 0.3 is 5.97 Å². The maximum absolute atomic E-state index is 10.7. The Morgan fingerprint density at radius 3 is 2.90 bits per heavy atom. The van der Waals surface area contributed by atoms with Crippen LogP contribution in [0.4, 0.5) is 0 Å². The van der Waals surface area contributed by atoms with Gasteiger partial charge in [-0.25, -0.2) is 4.79 Å². The van der Waals surface area contributed by atoms with Crippen molar-refractivity contribution in [2.24, 2.45) is 0 Å². The number of benzene rings is 1. The van der Waals surface area contributed by atoms with Crippen molar-refractivity contribution in [1.82, 2.24) is 4.90 Å². The minimum Gasteiger partial charge on any atom is -0.492 e. The van der Waals surface area contributed by atoms with Gasteiger partial charge in [0.2, 0.25) is 0 Å². The third-order valence-electron chi connectivity index (χ3n) is 3.31. The Bertz CT molecular complexity index is 432. The molecule has 0 spiro atoms. The molecule has 5 nitrogen and oxygen atoms in total. The van der Waals surface area contributed by atoms with E-state index >= 15 is 0 Å². The van der Waals surface area contributed by atoms with Crippen molar-refractivity contribution in [3.8, 4) is 5.75 Å². The normalized spacial score (nSPS) is 20.4. The molecule has 110 valence electrons. The first-order valence-electron chi connectivity index (χ1n) is 6.95. The first-order chi connectivity index (χ1) is 9.65. The van der Waals surface area contributed by atoms with Crippen LogP contribution in [0, 0.1) is 0 Å². The molecule has 1 N–H and O–H groups in total. The predicted octanol–water partition coefficient (Wildman–Crippen LogP) is 1.87. The van der Waals surface area contributed by atoms with Gasteiger partial charge in [0, 0.05) is 26.2 Å². The van der Waals surface area contributed by atoms with E-state index in [4.69, 9.17) is 14.6 Å². The Morgan fingerprint density at radius 1 is 1.45 bits per heavy atom. The fourth-order valence-corrected chi connectivity index (χ4v) is 2.27. The zero-order valence-corrected chi connectivity index (χ0v) is 11.7. The standard InChI is InChI=1S/C15H21NO4/c1-12-11-16(7-2-9-19-12)8-10-20-14-5-3-13(4-6-14)15(17)18/h3-6,12H,2,7-11H2,1H3,(H,17,18). The van der Waals surface area contributed by atoms with Crippen LogP contribution in [-0.4, -0.2) is 54.9 Å². The summed E-state index contributed by atoms with van der Waals surface area (Å²) in [6.45, 7) is 6.33. The highest BCUT2D eigenvalue weighted by molar-refractivity contribution is 5.87. The number of hydrogen-bond acceptors (Lipinski definition) is 4. The Kier molecular flexibility index (Phi) is 5.38. The fourth-order valence-electron chi connectivity index (χ4n) is 2.27. The number of carboxylic acid groups (broad SMARTS) is 1. The molecule has 1 aromatic carbocycles. The van der Waals surface area contributed by atoms with Crippen LogP contribution in [0.1, 0.15) is 23.7 Å². The third-order valence-corrected chi connectivity index (χ3v) is 3.31. The molecule has 2 rings (SSSR count). The van der Waals surface area contributed by atoms with Gasteiger partial charge in [0.25, 0.3) is 0 Å². The summed E-state index contributed by atoms with van der Waals surface area (Å²) in [5.41, 5.74) is 0.274. The molecular formula is C15H21NO4. The molecule has 0 aliphatic carbocycles. The average Bonchev–Trinajstić information content (AvgIpc) is 2.64. The van der Waals surface area contributed by atoms with Crippen molar-refractivity contribution in [2.75, 3.05) is 32.8 Å². The van der Waals surface area contributed by atoms with Crippen LogP contribution >= 0.6 is 0 Å². The Hall–Kier alpha value is -1.59. The number of aromatic carboxylic acids is 1. The van der Waals surface area contributed by atoms with Gasteiger partial charge in [-0.15, -0.1) is 0 Å². The summed E-state index contributed by atoms with van der Waals surface area (Å²) in [5.74, 6) is -0.218. The molecule has 1 saturated heterocycles. The van der Waals surface area contributed by atoms with Crippen molar-refractivity contribution in [2.45, 2.75) is 19.4 Å². The van der Waals surface area contributed by atoms with Crippen LogP contribution in [0.2, 0.25) is 0 Å². The van der Waals surface area contributed by atoms with E-state index in [-0.39, 0.29) is 11.7 Å². The van der Waals surface area contributed by atoms with E-state index in [2.05, 4.69) is 11.8 Å². The smallest absolute Gasteiger partial charge is 0.335 e. The summed E-state index contributed by atoms with van der Waals surface area (Å²) >= 11 is 0. The molecule has 1 aromatic rings. The molecule has 1 atom stereocenters. The molecule has 0 saturated carbocycles. The Balaban J connectivity index is 1.76. The van der Waals surface area contributed by atoms with E-state index in [9.17, 15) is 4.79 Å². The lowest BCUT2D eigenvalue weighted by Gasteiger charge is -2.21. The van der Waals surface area contributed by atoms with Gasteiger partial charge in [-0.3, -0.25) is 4.90 Å². The molecule has 0 bridgehead atoms. The topological polar surface area (TPSA) is 59.0 Å². The highest BCUT2D eigenvalue weighted by atomic mass is 16.5. The van der Waals surface area contributed by atoms with E-state index in [1.165, 1.54) is 0 Å². The number of nitrogens with zero attached hydrogens (tertiary/aromatic N) is 1. The van der Waals surface area contributed by atoms with Crippen LogP contribution in [0.5, 0.6) is 5.75 Å². The van der Waals surface area contributed by atoms with Crippen molar-refractivity contribution in [3.63, 3.8) is 0 Å². The lowest BCUT2D eigenvalue weighted by atomic mass is 10.2. The summed E-state index contributed by atoms with van der Waals surface area (Å²) in [4.78, 5) is 13.1. The molecule has 0 amide bonds. The molecule has 1 aliphatic heterocycles. The summed E-state index contributed by atoms with van der Waals surface area (Å²) < 4.78 is 11.2. The molecule has 20 heavy (non-hydrogen) atoms. The van der Waals surface area contributed by atoms with Gasteiger partial charge < -0.3 is 14.6 Å². The SMILES string of the molecule is CC1CN(CCOc2ccc(C(=O)O)cc2)CCCO1. The largest absolute Gasteiger partial charge is 0.492 e. The van der Waals surface area contributed by atoms with Crippen molar-refractivity contribution in [1.29, 1.82) is 0 Å². The maximum atomic E-state index is 10.7. The Morgan fingerprint density at radius 2 is 2.20 bits per heavy atom. The van der Waals surface area contributed by atoms with Gasteiger partial charge in [-0.2, -0.15) is 0 Å². The average molecular weight is 279 g/mol. The van der Waals surface area contributed by atoms with E-state index < -0.39 is 5.97 Å². The van der Waals surface area contributed by atoms with E-state index in [1.54, 1.807) is 24.3 Å². The van der Waals surface area contributed by atoms with E-state index in [0.29, 0.717) is 12.4 Å². The molecule has 0 radical (unpaired) electrons. The van der Waals surface area contributed by atoms with E-state index in [1.807, 2.05) is 0 Å². The first-order valence-corrected chi connectivity index (χ1v) is 6.95. The molecular weight excluding hydrogens is 258 g/mol. The summed E-state index contributed by atoms with van der Waals surface area (Å²) in [6, 6.07) is 6.49. The van der Waals surface area contributed by atoms with Crippen LogP contribution in [0.15, 0.2) is 24.3 Å². The van der Waals surface area contributed by atoms with Gasteiger partial charge in [0.15, 0.2) is 0 Å². The Labute approximate surface area is 119 Å². The van der Waals surface area contributed by atoms with Crippen LogP contribution in [-0.2, 0) is 4.74 Å². The number of ether oxygens (including phenoxy) is 2. The third kappa shape index (κ3) is 4.51. The number of carbonyl (C=O) groups is 1. The quantitative estimate of drug-likeness (QED) is 0.891. The minimum absolute atomic E-state index is 0.271. The second-order valence-electron chi connectivity index (χ2n) is 5.01. The van der Waals surface area contributed by atoms with Gasteiger partial charge in [0.1, 0.15) is 12.4 Å². The molecule has 1 heterocycles. The van der Waals surface area contributed by atoms with Crippen LogP contribution in [0.25, 0.3) is 0 Å². The molecule has 1 unspecified atom stereocenters. The molecule has 5 heteroatoms. The van der Waals surface area contributed by atoms with E-state index in [0.717, 1.165) is 32.7 Å². The second-order valence-corrected chi connectivity index (χ2v) is 5.01. The molecule has 1 aliphatic rings. The first kappa shape index (κ1) is 14.8. The lowest BCUT2D eigenvalue weighted by Crippen LogP contribution is -2.33. The van der Waals surface area contributed by atoms with Crippen molar-refractivity contribution in [3.05, 3.63) is 29.8 Å². The highest BCUT2D eigenvalue weighted by Gasteiger charge is 2.14. The highest BCUT2D eigenvalue weighted by Crippen LogP contribution is 2.12. The summed E-state index contributed by atoms with van der Waals surface area (Å²) in [5, 5.41) is 8.81. The van der Waals surface area contributed by atoms with Crippen LogP contribution in [0.3, 0.4) is 0 Å². The molecule has 1 fully saturated rings. The number of rotatable bonds is 5. The number of hydrogen-bond donors (Lipinski definition) is 1. The number of carboxylic acids is 1. The van der Waals surface area contributed by atoms with Gasteiger partial charge in [-0.05, 0) is 37.6 Å². The van der Waals surface area contributed by atoms with Crippen molar-refractivity contribution >= 4 is 5.97 Å². The maximum Gasteiger partial charge on any atom is 0.335 e. The molecule has 0 aromatic heterocycles. The zero-order valence-electron chi connectivity index (χ0n) is 11.7. The zero-order chi connectivity index (χ0) is 14.4. The predicted molar refractivity (Wildman–Crippen MR) is 75.4 cm³/mol. The summed E-state index contributed by atoms with van der Waals surface area (Å²) in [7, 11) is 0. The van der Waals surface area contributed by atoms with Gasteiger partial charge in [0.05, 0.1) is 11.7 Å². The lowest BCUT2D eigenvalue weighted by molar-refractivity contribution is 0.0658. The minimum atomic E-state index is -0.921. The second kappa shape index (κ2) is 7.26. The summed E-state index contributed by atoms with van der Waals surface area (Å²) in [6.07, 6.45) is 1.32. The van der Waals surface area contributed by atoms with Crippen LogP contribution < -0.4 is 4.74 Å². The van der Waals surface area contributed by atoms with Crippen molar-refractivity contribution < 1.29 is 19.4 Å². The fraction of sp³-hybridized carbons (Fsp3) is 0.533. The van der Waals surface area contributed by atoms with Gasteiger partial charge in [-0.1, -0.05) is 0 Å².